The molecule has 1 fully saturated rings. The van der Waals surface area contributed by atoms with Crippen LogP contribution in [0.15, 0.2) is 6.07 Å². The van der Waals surface area contributed by atoms with E-state index in [4.69, 9.17) is 5.73 Å². The minimum atomic E-state index is 0.110. The number of hydrogen-bond donors (Lipinski definition) is 1. The molecule has 0 atom stereocenters. The topological polar surface area (TPSA) is 64.2 Å². The van der Waals surface area contributed by atoms with Crippen LogP contribution in [0.25, 0.3) is 0 Å². The van der Waals surface area contributed by atoms with Gasteiger partial charge in [-0.2, -0.15) is 5.10 Å². The van der Waals surface area contributed by atoms with E-state index < -0.39 is 0 Å². The molecule has 1 saturated carbocycles. The SMILES string of the molecule is Cc1cc(C(=O)N(CCCN)C2CCCCCC2)n(C)n1. The number of nitrogens with zero attached hydrogens (tertiary/aromatic N) is 3. The normalized spacial score (nSPS) is 16.7. The zero-order valence-electron chi connectivity index (χ0n) is 13.3. The second-order valence-electron chi connectivity index (χ2n) is 6.08. The van der Waals surface area contributed by atoms with E-state index in [1.54, 1.807) is 4.68 Å². The molecule has 1 aromatic heterocycles. The number of carbonyl (C=O) groups excluding carboxylic acids is 1. The lowest BCUT2D eigenvalue weighted by molar-refractivity contribution is 0.0647. The van der Waals surface area contributed by atoms with E-state index in [2.05, 4.69) is 10.00 Å². The zero-order valence-corrected chi connectivity index (χ0v) is 13.3. The first-order valence-electron chi connectivity index (χ1n) is 8.15. The van der Waals surface area contributed by atoms with Gasteiger partial charge in [0.1, 0.15) is 5.69 Å². The first-order valence-corrected chi connectivity index (χ1v) is 8.15. The maximum Gasteiger partial charge on any atom is 0.272 e. The molecule has 0 bridgehead atoms. The molecular weight excluding hydrogens is 264 g/mol. The molecule has 1 aliphatic rings. The van der Waals surface area contributed by atoms with Gasteiger partial charge in [-0.1, -0.05) is 25.7 Å². The third kappa shape index (κ3) is 4.06. The summed E-state index contributed by atoms with van der Waals surface area (Å²) in [5, 5.41) is 4.30. The average molecular weight is 292 g/mol. The first kappa shape index (κ1) is 16.0. The molecule has 21 heavy (non-hydrogen) atoms. The van der Waals surface area contributed by atoms with Gasteiger partial charge in [0, 0.05) is 19.6 Å². The highest BCUT2D eigenvalue weighted by Crippen LogP contribution is 2.23. The predicted octanol–water partition coefficient (Wildman–Crippen LogP) is 2.24. The van der Waals surface area contributed by atoms with Gasteiger partial charge in [-0.15, -0.1) is 0 Å². The third-order valence-electron chi connectivity index (χ3n) is 4.35. The molecule has 1 heterocycles. The lowest BCUT2D eigenvalue weighted by atomic mass is 10.1. The lowest BCUT2D eigenvalue weighted by Crippen LogP contribution is -2.42. The Bertz CT molecular complexity index is 461. The molecule has 0 aromatic carbocycles. The van der Waals surface area contributed by atoms with Crippen molar-refractivity contribution in [2.75, 3.05) is 13.1 Å². The summed E-state index contributed by atoms with van der Waals surface area (Å²) in [6, 6.07) is 2.25. The molecule has 5 heteroatoms. The van der Waals surface area contributed by atoms with Gasteiger partial charge in [0.25, 0.3) is 5.91 Å². The molecule has 2 N–H and O–H groups in total. The summed E-state index contributed by atoms with van der Waals surface area (Å²) in [5.74, 6) is 0.110. The fraction of sp³-hybridized carbons (Fsp3) is 0.750. The highest BCUT2D eigenvalue weighted by atomic mass is 16.2. The van der Waals surface area contributed by atoms with E-state index in [-0.39, 0.29) is 5.91 Å². The Balaban J connectivity index is 2.17. The smallest absolute Gasteiger partial charge is 0.272 e. The summed E-state index contributed by atoms with van der Waals surface area (Å²) in [7, 11) is 1.84. The maximum atomic E-state index is 12.9. The molecule has 1 aliphatic carbocycles. The first-order chi connectivity index (χ1) is 10.1. The monoisotopic (exact) mass is 292 g/mol. The van der Waals surface area contributed by atoms with Crippen LogP contribution < -0.4 is 5.73 Å². The van der Waals surface area contributed by atoms with E-state index in [9.17, 15) is 4.79 Å². The van der Waals surface area contributed by atoms with Crippen molar-refractivity contribution in [3.05, 3.63) is 17.5 Å². The van der Waals surface area contributed by atoms with Crippen LogP contribution in [-0.2, 0) is 7.05 Å². The fourth-order valence-electron chi connectivity index (χ4n) is 3.24. The third-order valence-corrected chi connectivity index (χ3v) is 4.35. The summed E-state index contributed by atoms with van der Waals surface area (Å²) < 4.78 is 1.70. The van der Waals surface area contributed by atoms with E-state index in [1.165, 1.54) is 25.7 Å². The average Bonchev–Trinajstić information content (AvgIpc) is 2.68. The van der Waals surface area contributed by atoms with Gasteiger partial charge >= 0.3 is 0 Å². The Hall–Kier alpha value is -1.36. The maximum absolute atomic E-state index is 12.9. The van der Waals surface area contributed by atoms with Crippen LogP contribution in [0, 0.1) is 6.92 Å². The Kier molecular flexibility index (Phi) is 5.79. The second-order valence-corrected chi connectivity index (χ2v) is 6.08. The number of aryl methyl sites for hydroxylation is 2. The summed E-state index contributed by atoms with van der Waals surface area (Å²) >= 11 is 0. The number of rotatable bonds is 5. The Morgan fingerprint density at radius 3 is 2.57 bits per heavy atom. The summed E-state index contributed by atoms with van der Waals surface area (Å²) in [4.78, 5) is 15.0. The summed E-state index contributed by atoms with van der Waals surface area (Å²) in [5.41, 5.74) is 7.23. The van der Waals surface area contributed by atoms with Crippen molar-refractivity contribution in [1.29, 1.82) is 0 Å². The van der Waals surface area contributed by atoms with E-state index in [0.717, 1.165) is 31.5 Å². The number of hydrogen-bond acceptors (Lipinski definition) is 3. The number of amides is 1. The van der Waals surface area contributed by atoms with Gasteiger partial charge in [-0.25, -0.2) is 0 Å². The standard InChI is InChI=1S/C16H28N4O/c1-13-12-15(19(2)18-13)16(21)20(11-7-10-17)14-8-5-3-4-6-9-14/h12,14H,3-11,17H2,1-2H3. The molecular formula is C16H28N4O. The van der Waals surface area contributed by atoms with Crippen LogP contribution in [0.1, 0.15) is 61.1 Å². The van der Waals surface area contributed by atoms with E-state index in [1.807, 2.05) is 20.0 Å². The molecule has 0 saturated heterocycles. The largest absolute Gasteiger partial charge is 0.334 e. The molecule has 5 nitrogen and oxygen atoms in total. The Labute approximate surface area is 127 Å². The van der Waals surface area contributed by atoms with Crippen molar-refractivity contribution in [3.63, 3.8) is 0 Å². The van der Waals surface area contributed by atoms with Gasteiger partial charge in [0.2, 0.25) is 0 Å². The van der Waals surface area contributed by atoms with Crippen molar-refractivity contribution >= 4 is 5.91 Å². The van der Waals surface area contributed by atoms with Gasteiger partial charge < -0.3 is 10.6 Å². The molecule has 1 aromatic rings. The molecule has 0 spiro atoms. The van der Waals surface area contributed by atoms with Crippen LogP contribution in [0.2, 0.25) is 0 Å². The summed E-state index contributed by atoms with van der Waals surface area (Å²) in [6.45, 7) is 3.30. The Morgan fingerprint density at radius 1 is 1.38 bits per heavy atom. The van der Waals surface area contributed by atoms with Crippen molar-refractivity contribution in [2.45, 2.75) is 57.9 Å². The van der Waals surface area contributed by atoms with Crippen molar-refractivity contribution in [3.8, 4) is 0 Å². The van der Waals surface area contributed by atoms with Gasteiger partial charge in [-0.3, -0.25) is 9.48 Å². The summed E-state index contributed by atoms with van der Waals surface area (Å²) in [6.07, 6.45) is 8.13. The highest BCUT2D eigenvalue weighted by molar-refractivity contribution is 5.93. The molecule has 2 rings (SSSR count). The predicted molar refractivity (Wildman–Crippen MR) is 84.1 cm³/mol. The van der Waals surface area contributed by atoms with Crippen molar-refractivity contribution < 1.29 is 4.79 Å². The molecule has 0 aliphatic heterocycles. The minimum absolute atomic E-state index is 0.110. The number of aromatic nitrogens is 2. The number of carbonyl (C=O) groups is 1. The van der Waals surface area contributed by atoms with Gasteiger partial charge in [0.15, 0.2) is 0 Å². The van der Waals surface area contributed by atoms with Crippen LogP contribution >= 0.6 is 0 Å². The highest BCUT2D eigenvalue weighted by Gasteiger charge is 2.27. The number of nitrogens with two attached hydrogens (primary N) is 1. The van der Waals surface area contributed by atoms with Gasteiger partial charge in [-0.05, 0) is 38.8 Å². The van der Waals surface area contributed by atoms with Crippen molar-refractivity contribution in [2.24, 2.45) is 12.8 Å². The quantitative estimate of drug-likeness (QED) is 0.847. The van der Waals surface area contributed by atoms with Crippen LogP contribution in [0.4, 0.5) is 0 Å². The lowest BCUT2D eigenvalue weighted by Gasteiger charge is -2.31. The molecule has 1 amide bonds. The van der Waals surface area contributed by atoms with E-state index in [0.29, 0.717) is 18.3 Å². The molecule has 118 valence electrons. The molecule has 0 radical (unpaired) electrons. The molecule has 0 unspecified atom stereocenters. The van der Waals surface area contributed by atoms with Crippen molar-refractivity contribution in [1.82, 2.24) is 14.7 Å². The van der Waals surface area contributed by atoms with Crippen LogP contribution in [0.3, 0.4) is 0 Å². The van der Waals surface area contributed by atoms with Gasteiger partial charge in [0.05, 0.1) is 5.69 Å². The minimum Gasteiger partial charge on any atom is -0.334 e. The second kappa shape index (κ2) is 7.59. The van der Waals surface area contributed by atoms with Crippen LogP contribution in [-0.4, -0.2) is 39.7 Å². The zero-order chi connectivity index (χ0) is 15.2. The fourth-order valence-corrected chi connectivity index (χ4v) is 3.24. The Morgan fingerprint density at radius 2 is 2.05 bits per heavy atom. The van der Waals surface area contributed by atoms with E-state index >= 15 is 0 Å². The van der Waals surface area contributed by atoms with Crippen LogP contribution in [0.5, 0.6) is 0 Å².